The molecule has 0 aliphatic rings. The highest BCUT2D eigenvalue weighted by atomic mass is 32.1. The van der Waals surface area contributed by atoms with Crippen LogP contribution in [0.25, 0.3) is 22.2 Å². The molecule has 15 nitrogen and oxygen atoms in total. The maximum Gasteiger partial charge on any atom is 0.326 e. The monoisotopic (exact) mass is 592 g/mol. The van der Waals surface area contributed by atoms with Crippen LogP contribution in [0.15, 0.2) is 50.5 Å². The zero-order valence-corrected chi connectivity index (χ0v) is 23.5. The predicted octanol–water partition coefficient (Wildman–Crippen LogP) is 3.15. The van der Waals surface area contributed by atoms with Crippen molar-refractivity contribution in [3.05, 3.63) is 68.5 Å². The van der Waals surface area contributed by atoms with E-state index in [2.05, 4.69) is 30.7 Å². The number of anilines is 4. The Hall–Kier alpha value is -5.64. The zero-order valence-electron chi connectivity index (χ0n) is 22.6. The average molecular weight is 593 g/mol. The van der Waals surface area contributed by atoms with E-state index in [9.17, 15) is 14.4 Å². The van der Waals surface area contributed by atoms with Gasteiger partial charge in [-0.2, -0.15) is 4.98 Å². The van der Waals surface area contributed by atoms with Crippen LogP contribution in [-0.2, 0) is 0 Å². The molecule has 6 N–H and O–H groups in total. The maximum absolute atomic E-state index is 12.6. The third-order valence-corrected chi connectivity index (χ3v) is 6.91. The van der Waals surface area contributed by atoms with Crippen LogP contribution in [0.3, 0.4) is 0 Å². The molecular weight excluding hydrogens is 568 g/mol. The van der Waals surface area contributed by atoms with Gasteiger partial charge in [-0.05, 0) is 24.6 Å². The summed E-state index contributed by atoms with van der Waals surface area (Å²) in [5.74, 6) is 1.27. The van der Waals surface area contributed by atoms with Crippen LogP contribution >= 0.6 is 11.3 Å². The third-order valence-electron chi connectivity index (χ3n) is 5.93. The smallest absolute Gasteiger partial charge is 0.326 e. The van der Waals surface area contributed by atoms with E-state index in [1.165, 1.54) is 32.7 Å². The van der Waals surface area contributed by atoms with Crippen molar-refractivity contribution < 1.29 is 23.5 Å². The summed E-state index contributed by atoms with van der Waals surface area (Å²) in [6, 6.07) is 9.49. The van der Waals surface area contributed by atoms with Crippen molar-refractivity contribution in [2.45, 2.75) is 6.92 Å². The largest absolute Gasteiger partial charge is 0.493 e. The second kappa shape index (κ2) is 11.5. The number of rotatable bonds is 9. The second-order valence-corrected chi connectivity index (χ2v) is 9.68. The molecule has 0 saturated heterocycles. The molecule has 0 aliphatic heterocycles. The lowest BCUT2D eigenvalue weighted by Crippen LogP contribution is -2.27. The number of nitrogen functional groups attached to an aromatic ring is 1. The molecule has 16 heteroatoms. The molecule has 216 valence electrons. The van der Waals surface area contributed by atoms with Gasteiger partial charge in [0.1, 0.15) is 16.4 Å². The van der Waals surface area contributed by atoms with Crippen molar-refractivity contribution in [1.29, 1.82) is 0 Å². The molecule has 2 aromatic carbocycles. The van der Waals surface area contributed by atoms with Gasteiger partial charge in [0.25, 0.3) is 17.4 Å². The highest BCUT2D eigenvalue weighted by Gasteiger charge is 2.21. The van der Waals surface area contributed by atoms with E-state index >= 15 is 0 Å². The van der Waals surface area contributed by atoms with E-state index in [4.69, 9.17) is 24.5 Å². The first-order valence-electron chi connectivity index (χ1n) is 12.1. The third kappa shape index (κ3) is 5.64. The van der Waals surface area contributed by atoms with Crippen LogP contribution in [0, 0.1) is 6.92 Å². The second-order valence-electron chi connectivity index (χ2n) is 8.68. The summed E-state index contributed by atoms with van der Waals surface area (Å²) < 4.78 is 21.7. The molecular formula is C26H24N8O7S. The number of aryl methyl sites for hydroxylation is 1. The first-order chi connectivity index (χ1) is 20.2. The van der Waals surface area contributed by atoms with Crippen LogP contribution in [0.5, 0.6) is 17.2 Å². The van der Waals surface area contributed by atoms with Gasteiger partial charge in [0, 0.05) is 35.1 Å². The number of nitrogens with zero attached hydrogens (tertiary/aromatic N) is 3. The van der Waals surface area contributed by atoms with E-state index in [-0.39, 0.29) is 23.2 Å². The standard InChI is InChI=1S/C26H24N8O7S/c1-11-5-6-12(28-23(36)15-10-18(35)31-25(37)30-15)7-14(11)22-33-24(41-34-22)20-21(27)32-26(42-20)29-13-8-16(38-2)19(40-4)17(9-13)39-3/h5-10H,27H2,1-4H3,(H,28,36)(H,29,32)(H2,30,31,35,37). The first-order valence-corrected chi connectivity index (χ1v) is 12.9. The van der Waals surface area contributed by atoms with Crippen molar-refractivity contribution in [2.24, 2.45) is 0 Å². The van der Waals surface area contributed by atoms with Gasteiger partial charge in [-0.1, -0.05) is 22.6 Å². The number of hydrogen-bond acceptors (Lipinski definition) is 13. The van der Waals surface area contributed by atoms with Gasteiger partial charge >= 0.3 is 5.69 Å². The highest BCUT2D eigenvalue weighted by molar-refractivity contribution is 7.19. The molecule has 42 heavy (non-hydrogen) atoms. The van der Waals surface area contributed by atoms with E-state index < -0.39 is 17.2 Å². The topological polar surface area (TPSA) is 212 Å². The predicted molar refractivity (Wildman–Crippen MR) is 155 cm³/mol. The summed E-state index contributed by atoms with van der Waals surface area (Å²) in [6.45, 7) is 1.84. The number of amides is 1. The molecule has 0 saturated carbocycles. The van der Waals surface area contributed by atoms with Gasteiger partial charge in [-0.3, -0.25) is 14.6 Å². The van der Waals surface area contributed by atoms with Gasteiger partial charge < -0.3 is 40.1 Å². The quantitative estimate of drug-likeness (QED) is 0.167. The normalized spacial score (nSPS) is 10.8. The number of carbonyl (C=O) groups excluding carboxylic acids is 1. The van der Waals surface area contributed by atoms with Gasteiger partial charge in [-0.25, -0.2) is 9.78 Å². The van der Waals surface area contributed by atoms with Crippen LogP contribution in [0.2, 0.25) is 0 Å². The maximum atomic E-state index is 12.6. The number of nitrogens with one attached hydrogen (secondary N) is 4. The Morgan fingerprint density at radius 2 is 1.71 bits per heavy atom. The molecule has 0 aliphatic carbocycles. The molecule has 0 fully saturated rings. The molecule has 0 spiro atoms. The van der Waals surface area contributed by atoms with Crippen molar-refractivity contribution in [1.82, 2.24) is 25.1 Å². The first kappa shape index (κ1) is 27.9. The number of hydrogen-bond donors (Lipinski definition) is 5. The molecule has 5 aromatic rings. The average Bonchev–Trinajstić information content (AvgIpc) is 3.59. The van der Waals surface area contributed by atoms with E-state index in [1.54, 1.807) is 30.3 Å². The van der Waals surface area contributed by atoms with Crippen molar-refractivity contribution >= 4 is 39.6 Å². The number of H-pyrrole nitrogens is 2. The van der Waals surface area contributed by atoms with Crippen molar-refractivity contribution in [3.8, 4) is 39.4 Å². The molecule has 0 unspecified atom stereocenters. The minimum atomic E-state index is -0.791. The number of nitrogens with two attached hydrogens (primary N) is 1. The van der Waals surface area contributed by atoms with E-state index in [0.717, 1.165) is 11.6 Å². The number of aromatic nitrogens is 5. The fraction of sp³-hybridized carbons (Fsp3) is 0.154. The number of ether oxygens (including phenoxy) is 3. The van der Waals surface area contributed by atoms with Crippen molar-refractivity contribution in [3.63, 3.8) is 0 Å². The number of aromatic amines is 2. The summed E-state index contributed by atoms with van der Waals surface area (Å²) in [5.41, 5.74) is 6.87. The summed E-state index contributed by atoms with van der Waals surface area (Å²) in [5, 5.41) is 10.3. The van der Waals surface area contributed by atoms with Crippen LogP contribution in [0.4, 0.5) is 22.3 Å². The lowest BCUT2D eigenvalue weighted by Gasteiger charge is -2.14. The zero-order chi connectivity index (χ0) is 30.0. The summed E-state index contributed by atoms with van der Waals surface area (Å²) >= 11 is 1.20. The van der Waals surface area contributed by atoms with Gasteiger partial charge in [0.05, 0.1) is 21.3 Å². The van der Waals surface area contributed by atoms with Gasteiger partial charge in [0.2, 0.25) is 11.6 Å². The Bertz CT molecular complexity index is 1860. The Kier molecular flexibility index (Phi) is 7.61. The van der Waals surface area contributed by atoms with Crippen LogP contribution in [-0.4, -0.2) is 52.3 Å². The molecule has 0 radical (unpaired) electrons. The Morgan fingerprint density at radius 3 is 2.38 bits per heavy atom. The lowest BCUT2D eigenvalue weighted by molar-refractivity contribution is 0.102. The molecule has 3 aromatic heterocycles. The molecule has 0 bridgehead atoms. The van der Waals surface area contributed by atoms with Crippen LogP contribution in [0.1, 0.15) is 16.1 Å². The molecule has 3 heterocycles. The molecule has 5 rings (SSSR count). The van der Waals surface area contributed by atoms with Gasteiger partial charge in [-0.15, -0.1) is 0 Å². The fourth-order valence-electron chi connectivity index (χ4n) is 3.97. The van der Waals surface area contributed by atoms with Crippen LogP contribution < -0.4 is 41.8 Å². The summed E-state index contributed by atoms with van der Waals surface area (Å²) in [6.07, 6.45) is 0. The van der Waals surface area contributed by atoms with Crippen molar-refractivity contribution in [2.75, 3.05) is 37.7 Å². The Labute approximate surface area is 240 Å². The summed E-state index contributed by atoms with van der Waals surface area (Å²) in [7, 11) is 4.56. The fourth-order valence-corrected chi connectivity index (χ4v) is 4.80. The summed E-state index contributed by atoms with van der Waals surface area (Å²) in [4.78, 5) is 49.3. The SMILES string of the molecule is COc1cc(Nc2nc(N)c(-c3nc(-c4cc(NC(=O)c5cc(=O)[nH]c(=O)[nH]5)ccc4C)no3)s2)cc(OC)c1OC. The molecule has 0 atom stereocenters. The highest BCUT2D eigenvalue weighted by Crippen LogP contribution is 2.42. The number of thiazole rings is 1. The number of carbonyl (C=O) groups is 1. The molecule has 1 amide bonds. The number of benzene rings is 2. The minimum Gasteiger partial charge on any atom is -0.493 e. The minimum absolute atomic E-state index is 0.146. The lowest BCUT2D eigenvalue weighted by atomic mass is 10.1. The van der Waals surface area contributed by atoms with E-state index in [0.29, 0.717) is 44.2 Å². The van der Waals surface area contributed by atoms with E-state index in [1.807, 2.05) is 11.9 Å². The van der Waals surface area contributed by atoms with Gasteiger partial charge in [0.15, 0.2) is 16.6 Å². The Balaban J connectivity index is 1.39. The number of methoxy groups -OCH3 is 3. The Morgan fingerprint density at radius 1 is 0.976 bits per heavy atom.